The van der Waals surface area contributed by atoms with E-state index in [9.17, 15) is 4.79 Å². The lowest BCUT2D eigenvalue weighted by Gasteiger charge is -2.31. The minimum absolute atomic E-state index is 0.0327. The maximum atomic E-state index is 12.2. The van der Waals surface area contributed by atoms with Gasteiger partial charge in [-0.3, -0.25) is 4.79 Å². The molecule has 3 N–H and O–H groups in total. The Morgan fingerprint density at radius 1 is 1.33 bits per heavy atom. The van der Waals surface area contributed by atoms with Crippen molar-refractivity contribution < 1.29 is 4.79 Å². The van der Waals surface area contributed by atoms with Crippen LogP contribution in [0.25, 0.3) is 0 Å². The number of halogens is 1. The third kappa shape index (κ3) is 3.23. The van der Waals surface area contributed by atoms with Gasteiger partial charge in [0.15, 0.2) is 0 Å². The van der Waals surface area contributed by atoms with Gasteiger partial charge in [0.2, 0.25) is 0 Å². The van der Waals surface area contributed by atoms with E-state index < -0.39 is 0 Å². The van der Waals surface area contributed by atoms with Crippen molar-refractivity contribution in [2.75, 3.05) is 6.54 Å². The van der Waals surface area contributed by atoms with Crippen LogP contribution in [-0.2, 0) is 0 Å². The maximum Gasteiger partial charge on any atom is 0.252 e. The van der Waals surface area contributed by atoms with Crippen molar-refractivity contribution in [3.8, 4) is 0 Å². The molecule has 0 aliphatic heterocycles. The van der Waals surface area contributed by atoms with Crippen LogP contribution in [0.4, 0.5) is 0 Å². The van der Waals surface area contributed by atoms with Crippen LogP contribution in [0, 0.1) is 9.49 Å². The lowest BCUT2D eigenvalue weighted by atomic mass is 9.84. The Bertz CT molecular complexity index is 422. The molecule has 0 bridgehead atoms. The van der Waals surface area contributed by atoms with Gasteiger partial charge in [-0.15, -0.1) is 0 Å². The Morgan fingerprint density at radius 3 is 2.78 bits per heavy atom. The van der Waals surface area contributed by atoms with Crippen LogP contribution >= 0.6 is 22.6 Å². The molecule has 0 heterocycles. The number of amides is 1. The highest BCUT2D eigenvalue weighted by atomic mass is 127. The molecular formula is C14H19IN2O. The van der Waals surface area contributed by atoms with Crippen LogP contribution < -0.4 is 11.1 Å². The Morgan fingerprint density at radius 2 is 2.06 bits per heavy atom. The third-order valence-corrected chi connectivity index (χ3v) is 4.59. The van der Waals surface area contributed by atoms with E-state index in [-0.39, 0.29) is 11.9 Å². The highest BCUT2D eigenvalue weighted by Gasteiger charge is 2.25. The van der Waals surface area contributed by atoms with Crippen molar-refractivity contribution >= 4 is 28.5 Å². The van der Waals surface area contributed by atoms with Crippen LogP contribution in [0.15, 0.2) is 24.3 Å². The van der Waals surface area contributed by atoms with E-state index in [1.54, 1.807) is 0 Å². The van der Waals surface area contributed by atoms with E-state index >= 15 is 0 Å². The number of hydrogen-bond acceptors (Lipinski definition) is 2. The standard InChI is InChI=1S/C14H19IN2O/c15-12-7-3-2-6-11(12)14(18)17-13-8-4-1-5-10(13)9-16/h2-3,6-7,10,13H,1,4-5,8-9,16H2,(H,17,18). The lowest BCUT2D eigenvalue weighted by molar-refractivity contribution is 0.0907. The smallest absolute Gasteiger partial charge is 0.252 e. The van der Waals surface area contributed by atoms with Gasteiger partial charge in [-0.2, -0.15) is 0 Å². The number of nitrogens with two attached hydrogens (primary N) is 1. The van der Waals surface area contributed by atoms with Gasteiger partial charge in [-0.1, -0.05) is 25.0 Å². The van der Waals surface area contributed by atoms with Gasteiger partial charge in [0, 0.05) is 9.61 Å². The Labute approximate surface area is 122 Å². The first-order valence-corrected chi connectivity index (χ1v) is 7.55. The van der Waals surface area contributed by atoms with E-state index in [0.717, 1.165) is 22.0 Å². The molecule has 1 saturated carbocycles. The molecule has 18 heavy (non-hydrogen) atoms. The van der Waals surface area contributed by atoms with Crippen LogP contribution in [0.1, 0.15) is 36.0 Å². The van der Waals surface area contributed by atoms with Crippen LogP contribution in [0.5, 0.6) is 0 Å². The van der Waals surface area contributed by atoms with Crippen molar-refractivity contribution in [1.29, 1.82) is 0 Å². The molecule has 1 amide bonds. The van der Waals surface area contributed by atoms with Crippen molar-refractivity contribution in [2.45, 2.75) is 31.7 Å². The van der Waals surface area contributed by atoms with Gasteiger partial charge in [-0.25, -0.2) is 0 Å². The predicted octanol–water partition coefficient (Wildman–Crippen LogP) is 2.54. The van der Waals surface area contributed by atoms with Crippen molar-refractivity contribution in [2.24, 2.45) is 11.7 Å². The molecular weight excluding hydrogens is 339 g/mol. The fourth-order valence-electron chi connectivity index (χ4n) is 2.57. The molecule has 1 aliphatic rings. The zero-order valence-electron chi connectivity index (χ0n) is 10.4. The summed E-state index contributed by atoms with van der Waals surface area (Å²) in [5, 5.41) is 3.15. The molecule has 2 unspecified atom stereocenters. The Hall–Kier alpha value is -0.620. The third-order valence-electron chi connectivity index (χ3n) is 3.65. The largest absolute Gasteiger partial charge is 0.349 e. The van der Waals surface area contributed by atoms with Gasteiger partial charge in [0.05, 0.1) is 5.56 Å². The average Bonchev–Trinajstić information content (AvgIpc) is 2.39. The van der Waals surface area contributed by atoms with E-state index in [4.69, 9.17) is 5.73 Å². The first-order chi connectivity index (χ1) is 8.72. The number of rotatable bonds is 3. The summed E-state index contributed by atoms with van der Waals surface area (Å²) in [5.41, 5.74) is 6.55. The molecule has 4 heteroatoms. The summed E-state index contributed by atoms with van der Waals surface area (Å²) >= 11 is 2.20. The molecule has 2 rings (SSSR count). The number of benzene rings is 1. The molecule has 0 saturated heterocycles. The van der Waals surface area contributed by atoms with Crippen molar-refractivity contribution in [3.63, 3.8) is 0 Å². The molecule has 1 aromatic carbocycles. The monoisotopic (exact) mass is 358 g/mol. The summed E-state index contributed by atoms with van der Waals surface area (Å²) in [6, 6.07) is 7.92. The molecule has 0 spiro atoms. The van der Waals surface area contributed by atoms with Gasteiger partial charge in [0.1, 0.15) is 0 Å². The lowest BCUT2D eigenvalue weighted by Crippen LogP contribution is -2.44. The fourth-order valence-corrected chi connectivity index (χ4v) is 3.20. The van der Waals surface area contributed by atoms with Crippen molar-refractivity contribution in [3.05, 3.63) is 33.4 Å². The fraction of sp³-hybridized carbons (Fsp3) is 0.500. The number of carbonyl (C=O) groups excluding carboxylic acids is 1. The molecule has 1 fully saturated rings. The number of hydrogen-bond donors (Lipinski definition) is 2. The van der Waals surface area contributed by atoms with Gasteiger partial charge in [0.25, 0.3) is 5.91 Å². The molecule has 3 nitrogen and oxygen atoms in total. The summed E-state index contributed by atoms with van der Waals surface area (Å²) in [6.07, 6.45) is 4.61. The average molecular weight is 358 g/mol. The highest BCUT2D eigenvalue weighted by Crippen LogP contribution is 2.24. The predicted molar refractivity (Wildman–Crippen MR) is 81.4 cm³/mol. The molecule has 2 atom stereocenters. The molecule has 1 aromatic rings. The van der Waals surface area contributed by atoms with Crippen LogP contribution in [0.3, 0.4) is 0 Å². The van der Waals surface area contributed by atoms with E-state index in [0.29, 0.717) is 12.5 Å². The second-order valence-electron chi connectivity index (χ2n) is 4.84. The summed E-state index contributed by atoms with van der Waals surface area (Å²) in [5.74, 6) is 0.467. The summed E-state index contributed by atoms with van der Waals surface area (Å²) < 4.78 is 0.993. The van der Waals surface area contributed by atoms with Gasteiger partial charge >= 0.3 is 0 Å². The molecule has 98 valence electrons. The van der Waals surface area contributed by atoms with E-state index in [2.05, 4.69) is 27.9 Å². The molecule has 0 radical (unpaired) electrons. The quantitative estimate of drug-likeness (QED) is 0.816. The minimum atomic E-state index is 0.0327. The Kier molecular flexibility index (Phi) is 5.00. The first kappa shape index (κ1) is 13.8. The summed E-state index contributed by atoms with van der Waals surface area (Å²) in [6.45, 7) is 0.664. The number of nitrogens with one attached hydrogen (secondary N) is 1. The van der Waals surface area contributed by atoms with Crippen LogP contribution in [-0.4, -0.2) is 18.5 Å². The van der Waals surface area contributed by atoms with E-state index in [1.165, 1.54) is 12.8 Å². The molecule has 0 aromatic heterocycles. The highest BCUT2D eigenvalue weighted by molar-refractivity contribution is 14.1. The van der Waals surface area contributed by atoms with Crippen molar-refractivity contribution in [1.82, 2.24) is 5.32 Å². The second kappa shape index (κ2) is 6.52. The SMILES string of the molecule is NCC1CCCCC1NC(=O)c1ccccc1I. The van der Waals surface area contributed by atoms with Gasteiger partial charge < -0.3 is 11.1 Å². The first-order valence-electron chi connectivity index (χ1n) is 6.48. The van der Waals surface area contributed by atoms with E-state index in [1.807, 2.05) is 24.3 Å². The zero-order valence-corrected chi connectivity index (χ0v) is 12.5. The molecule has 1 aliphatic carbocycles. The second-order valence-corrected chi connectivity index (χ2v) is 6.00. The topological polar surface area (TPSA) is 55.1 Å². The number of carbonyl (C=O) groups is 1. The Balaban J connectivity index is 2.04. The van der Waals surface area contributed by atoms with Crippen LogP contribution in [0.2, 0.25) is 0 Å². The summed E-state index contributed by atoms with van der Waals surface area (Å²) in [7, 11) is 0. The maximum absolute atomic E-state index is 12.2. The normalized spacial score (nSPS) is 23.7. The summed E-state index contributed by atoms with van der Waals surface area (Å²) in [4.78, 5) is 12.2. The zero-order chi connectivity index (χ0) is 13.0. The minimum Gasteiger partial charge on any atom is -0.349 e. The van der Waals surface area contributed by atoms with Gasteiger partial charge in [-0.05, 0) is 60.0 Å².